The lowest BCUT2D eigenvalue weighted by atomic mass is 9.86. The van der Waals surface area contributed by atoms with E-state index in [0.717, 1.165) is 27.2 Å². The highest BCUT2D eigenvalue weighted by atomic mass is 16.6. The number of ether oxygens (including phenoxy) is 3. The summed E-state index contributed by atoms with van der Waals surface area (Å²) in [5.74, 6) is -1.67. The number of hydrogen-bond donors (Lipinski definition) is 1. The summed E-state index contributed by atoms with van der Waals surface area (Å²) in [5.41, 5.74) is 2.64. The Labute approximate surface area is 265 Å². The molecule has 2 heterocycles. The van der Waals surface area contributed by atoms with Crippen molar-refractivity contribution in [1.82, 2.24) is 4.90 Å². The molecule has 4 rings (SSSR count). The number of hydrogen-bond acceptors (Lipinski definition) is 8. The smallest absolute Gasteiger partial charge is 0.417 e. The number of amides is 2. The van der Waals surface area contributed by atoms with E-state index in [0.29, 0.717) is 38.4 Å². The predicted octanol–water partition coefficient (Wildman–Crippen LogP) is 6.04. The summed E-state index contributed by atoms with van der Waals surface area (Å²) in [6.07, 6.45) is 0.511. The number of ketones is 1. The summed E-state index contributed by atoms with van der Waals surface area (Å²) in [4.78, 5) is 42.8. The van der Waals surface area contributed by atoms with Crippen LogP contribution in [0.2, 0.25) is 0 Å². The third-order valence-corrected chi connectivity index (χ3v) is 7.98. The van der Waals surface area contributed by atoms with Crippen LogP contribution in [0.15, 0.2) is 65.1 Å². The van der Waals surface area contributed by atoms with Crippen LogP contribution in [0.5, 0.6) is 0 Å². The number of carbonyl (C=O) groups is 3. The van der Waals surface area contributed by atoms with Crippen LogP contribution in [0.4, 0.5) is 4.79 Å². The maximum Gasteiger partial charge on any atom is 0.417 e. The molecule has 9 nitrogen and oxygen atoms in total. The highest BCUT2D eigenvalue weighted by Crippen LogP contribution is 2.37. The number of imide groups is 1. The van der Waals surface area contributed by atoms with Crippen molar-refractivity contribution in [1.29, 1.82) is 0 Å². The molecule has 1 N–H and O–H groups in total. The SMILES string of the molecule is Cc1cccc(-c2cc(C(=O)[C@@H](Cc3ccccc3)C(=O)N3C(=O)OC(C)(C)[C@H]3C(C)C)oc2CCCOCCOCCO)c1. The van der Waals surface area contributed by atoms with E-state index in [9.17, 15) is 14.4 Å². The Hall–Kier alpha value is -3.79. The maximum atomic E-state index is 14.3. The number of benzene rings is 2. The van der Waals surface area contributed by atoms with Crippen molar-refractivity contribution >= 4 is 17.8 Å². The topological polar surface area (TPSA) is 116 Å². The monoisotopic (exact) mass is 619 g/mol. The van der Waals surface area contributed by atoms with Gasteiger partial charge in [0.1, 0.15) is 17.3 Å². The average Bonchev–Trinajstić information content (AvgIpc) is 3.54. The second kappa shape index (κ2) is 15.5. The molecule has 0 aliphatic carbocycles. The zero-order valence-electron chi connectivity index (χ0n) is 26.9. The predicted molar refractivity (Wildman–Crippen MR) is 170 cm³/mol. The molecule has 45 heavy (non-hydrogen) atoms. The van der Waals surface area contributed by atoms with Gasteiger partial charge in [0.05, 0.1) is 32.5 Å². The largest absolute Gasteiger partial charge is 0.457 e. The lowest BCUT2D eigenvalue weighted by Crippen LogP contribution is -2.51. The fourth-order valence-corrected chi connectivity index (χ4v) is 6.08. The van der Waals surface area contributed by atoms with E-state index in [1.54, 1.807) is 19.9 Å². The van der Waals surface area contributed by atoms with Gasteiger partial charge in [-0.15, -0.1) is 0 Å². The standard InChI is InChI=1S/C36H45NO8/c1-24(2)33-36(4,5)45-35(41)37(33)34(40)29(22-26-12-7-6-8-13-26)32(39)31-23-28(27-14-9-11-25(3)21-27)30(44-31)15-10-17-42-19-20-43-18-16-38/h6-9,11-14,21,23-24,29,33,38H,10,15-20,22H2,1-5H3/t29-,33-/m1/s1. The van der Waals surface area contributed by atoms with Crippen molar-refractivity contribution in [2.24, 2.45) is 11.8 Å². The van der Waals surface area contributed by atoms with E-state index in [1.165, 1.54) is 0 Å². The van der Waals surface area contributed by atoms with Gasteiger partial charge in [0, 0.05) is 18.6 Å². The van der Waals surface area contributed by atoms with Crippen LogP contribution in [-0.2, 0) is 31.8 Å². The number of aryl methyl sites for hydroxylation is 2. The molecule has 0 radical (unpaired) electrons. The molecule has 2 aromatic carbocycles. The Kier molecular flexibility index (Phi) is 11.7. The zero-order chi connectivity index (χ0) is 32.6. The molecule has 1 aliphatic rings. The first-order valence-electron chi connectivity index (χ1n) is 15.6. The molecule has 3 aromatic rings. The molecule has 1 saturated heterocycles. The Morgan fingerprint density at radius 1 is 0.978 bits per heavy atom. The number of aliphatic hydroxyl groups is 1. The summed E-state index contributed by atoms with van der Waals surface area (Å²) in [5, 5.41) is 8.83. The van der Waals surface area contributed by atoms with Crippen molar-refractivity contribution in [2.75, 3.05) is 33.0 Å². The van der Waals surface area contributed by atoms with E-state index < -0.39 is 35.3 Å². The van der Waals surface area contributed by atoms with Crippen molar-refractivity contribution in [3.05, 3.63) is 83.3 Å². The van der Waals surface area contributed by atoms with Gasteiger partial charge in [0.15, 0.2) is 5.76 Å². The molecule has 1 fully saturated rings. The zero-order valence-corrected chi connectivity index (χ0v) is 26.9. The Balaban J connectivity index is 1.64. The van der Waals surface area contributed by atoms with E-state index in [-0.39, 0.29) is 31.3 Å². The van der Waals surface area contributed by atoms with Crippen molar-refractivity contribution in [3.63, 3.8) is 0 Å². The van der Waals surface area contributed by atoms with E-state index in [1.807, 2.05) is 75.4 Å². The normalized spacial score (nSPS) is 16.6. The van der Waals surface area contributed by atoms with E-state index in [4.69, 9.17) is 23.7 Å². The van der Waals surface area contributed by atoms with Gasteiger partial charge in [-0.3, -0.25) is 9.59 Å². The minimum absolute atomic E-state index is 0.0303. The number of furan rings is 1. The first kappa shape index (κ1) is 34.1. The summed E-state index contributed by atoms with van der Waals surface area (Å²) in [6.45, 7) is 10.9. The van der Waals surface area contributed by atoms with Crippen LogP contribution in [0.3, 0.4) is 0 Å². The van der Waals surface area contributed by atoms with Crippen LogP contribution < -0.4 is 0 Å². The van der Waals surface area contributed by atoms with Crippen molar-refractivity contribution in [2.45, 2.75) is 65.5 Å². The molecule has 0 bridgehead atoms. The molecule has 0 unspecified atom stereocenters. The third kappa shape index (κ3) is 8.48. The van der Waals surface area contributed by atoms with Crippen LogP contribution in [0, 0.1) is 18.8 Å². The van der Waals surface area contributed by atoms with Gasteiger partial charge >= 0.3 is 6.09 Å². The number of cyclic esters (lactones) is 1. The second-order valence-electron chi connectivity index (χ2n) is 12.3. The molecule has 0 saturated carbocycles. The highest BCUT2D eigenvalue weighted by molar-refractivity contribution is 6.12. The first-order valence-corrected chi connectivity index (χ1v) is 15.6. The van der Waals surface area contributed by atoms with Crippen LogP contribution in [0.1, 0.15) is 61.6 Å². The molecule has 1 aromatic heterocycles. The van der Waals surface area contributed by atoms with Crippen molar-refractivity contribution < 1.29 is 38.1 Å². The molecular formula is C36H45NO8. The molecule has 2 atom stereocenters. The van der Waals surface area contributed by atoms with E-state index in [2.05, 4.69) is 0 Å². The van der Waals surface area contributed by atoms with Gasteiger partial charge in [-0.1, -0.05) is 74.0 Å². The van der Waals surface area contributed by atoms with E-state index >= 15 is 0 Å². The Morgan fingerprint density at radius 3 is 2.36 bits per heavy atom. The number of Topliss-reactive ketones (excluding diaryl/α,β-unsaturated/α-hetero) is 1. The summed E-state index contributed by atoms with van der Waals surface area (Å²) in [7, 11) is 0. The minimum Gasteiger partial charge on any atom is -0.457 e. The van der Waals surface area contributed by atoms with Crippen LogP contribution >= 0.6 is 0 Å². The first-order chi connectivity index (χ1) is 21.5. The lowest BCUT2D eigenvalue weighted by Gasteiger charge is -2.32. The van der Waals surface area contributed by atoms with Gasteiger partial charge in [-0.25, -0.2) is 9.69 Å². The van der Waals surface area contributed by atoms with Gasteiger partial charge in [-0.05, 0) is 56.7 Å². The average molecular weight is 620 g/mol. The fourth-order valence-electron chi connectivity index (χ4n) is 6.08. The number of rotatable bonds is 16. The Bertz CT molecular complexity index is 1440. The summed E-state index contributed by atoms with van der Waals surface area (Å²) < 4.78 is 22.8. The molecule has 9 heteroatoms. The van der Waals surface area contributed by atoms with Gasteiger partial charge in [0.25, 0.3) is 0 Å². The summed E-state index contributed by atoms with van der Waals surface area (Å²) in [6, 6.07) is 18.4. The molecule has 242 valence electrons. The highest BCUT2D eigenvalue weighted by Gasteiger charge is 2.54. The summed E-state index contributed by atoms with van der Waals surface area (Å²) >= 11 is 0. The molecule has 2 amide bonds. The fraction of sp³-hybridized carbons (Fsp3) is 0.472. The van der Waals surface area contributed by atoms with Gasteiger partial charge < -0.3 is 23.7 Å². The van der Waals surface area contributed by atoms with Crippen LogP contribution in [0.25, 0.3) is 11.1 Å². The third-order valence-electron chi connectivity index (χ3n) is 7.98. The number of nitrogens with zero attached hydrogens (tertiary/aromatic N) is 1. The molecule has 1 aliphatic heterocycles. The Morgan fingerprint density at radius 2 is 1.69 bits per heavy atom. The van der Waals surface area contributed by atoms with Crippen LogP contribution in [-0.4, -0.2) is 72.5 Å². The maximum absolute atomic E-state index is 14.3. The second-order valence-corrected chi connectivity index (χ2v) is 12.3. The molecule has 0 spiro atoms. The molecular weight excluding hydrogens is 574 g/mol. The number of aliphatic hydroxyl groups excluding tert-OH is 1. The number of carbonyl (C=O) groups excluding carboxylic acids is 3. The quantitative estimate of drug-likeness (QED) is 0.117. The van der Waals surface area contributed by atoms with Gasteiger partial charge in [-0.2, -0.15) is 0 Å². The minimum atomic E-state index is -1.19. The van der Waals surface area contributed by atoms with Crippen molar-refractivity contribution in [3.8, 4) is 11.1 Å². The van der Waals surface area contributed by atoms with Gasteiger partial charge in [0.2, 0.25) is 11.7 Å². The lowest BCUT2D eigenvalue weighted by molar-refractivity contribution is -0.133.